The van der Waals surface area contributed by atoms with Crippen molar-refractivity contribution >= 4 is 22.5 Å². The Labute approximate surface area is 166 Å². The van der Waals surface area contributed by atoms with E-state index in [9.17, 15) is 4.79 Å². The highest BCUT2D eigenvalue weighted by atomic mass is 16.2. The van der Waals surface area contributed by atoms with Crippen LogP contribution in [-0.4, -0.2) is 45.9 Å². The lowest BCUT2D eigenvalue weighted by atomic mass is 9.89. The number of H-pyrrole nitrogens is 1. The van der Waals surface area contributed by atoms with E-state index in [-0.39, 0.29) is 11.4 Å². The van der Waals surface area contributed by atoms with Crippen molar-refractivity contribution in [1.82, 2.24) is 14.9 Å². The summed E-state index contributed by atoms with van der Waals surface area (Å²) in [5.41, 5.74) is 0.687. The summed E-state index contributed by atoms with van der Waals surface area (Å²) in [5.74, 6) is 1.17. The van der Waals surface area contributed by atoms with Crippen LogP contribution in [0.2, 0.25) is 0 Å². The molecule has 1 N–H and O–H groups in total. The fourth-order valence-electron chi connectivity index (χ4n) is 4.40. The predicted octanol–water partition coefficient (Wildman–Crippen LogP) is 4.47. The van der Waals surface area contributed by atoms with Crippen molar-refractivity contribution in [2.75, 3.05) is 24.5 Å². The number of nitrogens with one attached hydrogen (secondary N) is 1. The van der Waals surface area contributed by atoms with Gasteiger partial charge in [0.1, 0.15) is 5.82 Å². The molecule has 1 aliphatic heterocycles. The van der Waals surface area contributed by atoms with Gasteiger partial charge in [0.05, 0.1) is 18.1 Å². The zero-order valence-electron chi connectivity index (χ0n) is 16.7. The summed E-state index contributed by atoms with van der Waals surface area (Å²) in [6.45, 7) is 6.72. The van der Waals surface area contributed by atoms with E-state index >= 15 is 0 Å². The molecule has 0 saturated carbocycles. The molecule has 1 atom stereocenters. The van der Waals surface area contributed by atoms with Crippen LogP contribution in [0.3, 0.4) is 0 Å². The van der Waals surface area contributed by atoms with E-state index in [1.165, 1.54) is 0 Å². The molecular formula is C23H28N4O. The Kier molecular flexibility index (Phi) is 5.07. The van der Waals surface area contributed by atoms with Gasteiger partial charge in [0.15, 0.2) is 0 Å². The second-order valence-electron chi connectivity index (χ2n) is 7.94. The van der Waals surface area contributed by atoms with Crippen molar-refractivity contribution in [3.05, 3.63) is 60.6 Å². The molecule has 1 aliphatic rings. The van der Waals surface area contributed by atoms with Crippen molar-refractivity contribution in [1.29, 1.82) is 0 Å². The molecule has 1 amide bonds. The summed E-state index contributed by atoms with van der Waals surface area (Å²) >= 11 is 0. The number of hydrogen-bond acceptors (Lipinski definition) is 3. The number of fused-ring (bicyclic) bond motifs is 1. The van der Waals surface area contributed by atoms with Gasteiger partial charge in [-0.3, -0.25) is 4.79 Å². The largest absolute Gasteiger partial charge is 0.348 e. The maximum atomic E-state index is 13.5. The number of benzene rings is 2. The number of rotatable bonds is 5. The zero-order chi connectivity index (χ0) is 19.6. The van der Waals surface area contributed by atoms with Crippen LogP contribution in [0.15, 0.2) is 55.0 Å². The van der Waals surface area contributed by atoms with Gasteiger partial charge >= 0.3 is 0 Å². The van der Waals surface area contributed by atoms with Crippen LogP contribution in [0.1, 0.15) is 43.5 Å². The number of aromatic nitrogens is 2. The number of nitrogens with zero attached hydrogens (tertiary/aromatic N) is 3. The third kappa shape index (κ3) is 3.37. The maximum Gasteiger partial charge on any atom is 0.254 e. The van der Waals surface area contributed by atoms with E-state index in [0.29, 0.717) is 13.1 Å². The molecule has 5 heteroatoms. The lowest BCUT2D eigenvalue weighted by Gasteiger charge is -2.49. The topological polar surface area (TPSA) is 52.2 Å². The van der Waals surface area contributed by atoms with Crippen LogP contribution >= 0.6 is 0 Å². The van der Waals surface area contributed by atoms with Crippen LogP contribution in [0.25, 0.3) is 10.8 Å². The minimum atomic E-state index is -0.110. The molecule has 28 heavy (non-hydrogen) atoms. The Hall–Kier alpha value is -2.82. The molecule has 0 radical (unpaired) electrons. The number of carbonyl (C=O) groups excluding carboxylic acids is 1. The van der Waals surface area contributed by atoms with Gasteiger partial charge in [0, 0.05) is 25.2 Å². The average molecular weight is 377 g/mol. The molecular weight excluding hydrogens is 348 g/mol. The van der Waals surface area contributed by atoms with Crippen molar-refractivity contribution in [2.24, 2.45) is 0 Å². The van der Waals surface area contributed by atoms with Gasteiger partial charge in [-0.2, -0.15) is 0 Å². The standard InChI is InChI=1S/C23H28N4O/c1-3-4-12-23(2)16-26(13-14-27(23)21-15-24-17-25-21)22(28)20-11-7-9-18-8-5-6-10-19(18)20/h5-11,15,17H,3-4,12-14,16H2,1-2H3,(H,24,25)/t23-/m1/s1. The van der Waals surface area contributed by atoms with Crippen LogP contribution in [0.4, 0.5) is 5.82 Å². The molecule has 3 aromatic rings. The summed E-state index contributed by atoms with van der Waals surface area (Å²) in [5, 5.41) is 2.14. The van der Waals surface area contributed by atoms with Gasteiger partial charge in [-0.1, -0.05) is 56.2 Å². The number of amides is 1. The molecule has 1 saturated heterocycles. The predicted molar refractivity (Wildman–Crippen MR) is 114 cm³/mol. The summed E-state index contributed by atoms with van der Waals surface area (Å²) in [6.07, 6.45) is 6.93. The van der Waals surface area contributed by atoms with Crippen molar-refractivity contribution < 1.29 is 4.79 Å². The third-order valence-corrected chi connectivity index (χ3v) is 5.93. The average Bonchev–Trinajstić information content (AvgIpc) is 3.25. The third-order valence-electron chi connectivity index (χ3n) is 5.93. The lowest BCUT2D eigenvalue weighted by molar-refractivity contribution is 0.0669. The first-order valence-electron chi connectivity index (χ1n) is 10.2. The first-order valence-corrected chi connectivity index (χ1v) is 10.2. The summed E-state index contributed by atoms with van der Waals surface area (Å²) in [4.78, 5) is 25.3. The van der Waals surface area contributed by atoms with Gasteiger partial charge in [-0.05, 0) is 30.2 Å². The minimum absolute atomic E-state index is 0.110. The molecule has 1 fully saturated rings. The van der Waals surface area contributed by atoms with E-state index in [1.807, 2.05) is 41.4 Å². The van der Waals surface area contributed by atoms with Gasteiger partial charge in [-0.25, -0.2) is 4.98 Å². The molecule has 5 nitrogen and oxygen atoms in total. The first-order chi connectivity index (χ1) is 13.6. The number of imidazole rings is 1. The number of aromatic amines is 1. The van der Waals surface area contributed by atoms with Crippen LogP contribution in [0.5, 0.6) is 0 Å². The fraction of sp³-hybridized carbons (Fsp3) is 0.391. The summed E-state index contributed by atoms with van der Waals surface area (Å²) in [6, 6.07) is 14.1. The Morgan fingerprint density at radius 2 is 2.00 bits per heavy atom. The zero-order valence-corrected chi connectivity index (χ0v) is 16.7. The number of anilines is 1. The minimum Gasteiger partial charge on any atom is -0.348 e. The quantitative estimate of drug-likeness (QED) is 0.715. The van der Waals surface area contributed by atoms with E-state index < -0.39 is 0 Å². The molecule has 0 spiro atoms. The molecule has 0 aliphatic carbocycles. The van der Waals surface area contributed by atoms with Gasteiger partial charge in [0.2, 0.25) is 0 Å². The maximum absolute atomic E-state index is 13.5. The van der Waals surface area contributed by atoms with Crippen LogP contribution < -0.4 is 4.90 Å². The second kappa shape index (κ2) is 7.66. The Morgan fingerprint density at radius 3 is 2.79 bits per heavy atom. The van der Waals surface area contributed by atoms with Gasteiger partial charge < -0.3 is 14.8 Å². The van der Waals surface area contributed by atoms with Crippen LogP contribution in [0, 0.1) is 0 Å². The van der Waals surface area contributed by atoms with Crippen LogP contribution in [-0.2, 0) is 0 Å². The van der Waals surface area contributed by atoms with E-state index in [2.05, 4.69) is 40.8 Å². The number of carbonyl (C=O) groups is 1. The number of unbranched alkanes of at least 4 members (excludes halogenated alkanes) is 1. The number of piperazine rings is 1. The monoisotopic (exact) mass is 376 g/mol. The van der Waals surface area contributed by atoms with E-state index in [0.717, 1.165) is 48.0 Å². The smallest absolute Gasteiger partial charge is 0.254 e. The lowest BCUT2D eigenvalue weighted by Crippen LogP contribution is -2.62. The number of hydrogen-bond donors (Lipinski definition) is 1. The second-order valence-corrected chi connectivity index (χ2v) is 7.94. The molecule has 2 aromatic carbocycles. The van der Waals surface area contributed by atoms with E-state index in [4.69, 9.17) is 0 Å². The first kappa shape index (κ1) is 18.5. The van der Waals surface area contributed by atoms with Gasteiger partial charge in [-0.15, -0.1) is 0 Å². The molecule has 1 aromatic heterocycles. The Morgan fingerprint density at radius 1 is 1.18 bits per heavy atom. The molecule has 0 unspecified atom stereocenters. The Balaban J connectivity index is 1.63. The highest BCUT2D eigenvalue weighted by molar-refractivity contribution is 6.07. The Bertz CT molecular complexity index is 947. The fourth-order valence-corrected chi connectivity index (χ4v) is 4.40. The SMILES string of the molecule is CCCC[C@]1(C)CN(C(=O)c2cccc3ccccc23)CCN1c1cnc[nH]1. The summed E-state index contributed by atoms with van der Waals surface area (Å²) in [7, 11) is 0. The molecule has 146 valence electrons. The van der Waals surface area contributed by atoms with Gasteiger partial charge in [0.25, 0.3) is 5.91 Å². The summed E-state index contributed by atoms with van der Waals surface area (Å²) < 4.78 is 0. The van der Waals surface area contributed by atoms with Crippen molar-refractivity contribution in [3.63, 3.8) is 0 Å². The molecule has 2 heterocycles. The van der Waals surface area contributed by atoms with Crippen molar-refractivity contribution in [3.8, 4) is 0 Å². The highest BCUT2D eigenvalue weighted by Crippen LogP contribution is 2.32. The molecule has 4 rings (SSSR count). The molecule has 0 bridgehead atoms. The van der Waals surface area contributed by atoms with Crippen molar-refractivity contribution in [2.45, 2.75) is 38.6 Å². The van der Waals surface area contributed by atoms with E-state index in [1.54, 1.807) is 6.33 Å². The normalized spacial score (nSPS) is 19.9. The highest BCUT2D eigenvalue weighted by Gasteiger charge is 2.39.